The van der Waals surface area contributed by atoms with Crippen molar-refractivity contribution in [1.82, 2.24) is 0 Å². The van der Waals surface area contributed by atoms with Crippen LogP contribution in [0.5, 0.6) is 11.5 Å². The van der Waals surface area contributed by atoms with Gasteiger partial charge in [-0.05, 0) is 19.1 Å². The Bertz CT molecular complexity index is 521. The number of halogens is 4. The highest BCUT2D eigenvalue weighted by atomic mass is 19.4. The van der Waals surface area contributed by atoms with Crippen LogP contribution in [0.1, 0.15) is 18.5 Å². The van der Waals surface area contributed by atoms with Gasteiger partial charge in [-0.25, -0.2) is 9.18 Å². The maximum Gasteiger partial charge on any atom is 0.573 e. The molecule has 22 heavy (non-hydrogen) atoms. The molecule has 1 unspecified atom stereocenters. The van der Waals surface area contributed by atoms with Crippen LogP contribution in [0.2, 0.25) is 0 Å². The van der Waals surface area contributed by atoms with Gasteiger partial charge in [0, 0.05) is 11.6 Å². The lowest BCUT2D eigenvalue weighted by Crippen LogP contribution is -2.31. The van der Waals surface area contributed by atoms with Crippen LogP contribution < -0.4 is 15.2 Å². The number of alkyl halides is 4. The predicted octanol–water partition coefficient (Wildman–Crippen LogP) is 2.49. The van der Waals surface area contributed by atoms with Crippen LogP contribution in [0.15, 0.2) is 18.2 Å². The van der Waals surface area contributed by atoms with Gasteiger partial charge in [0.15, 0.2) is 0 Å². The van der Waals surface area contributed by atoms with E-state index < -0.39 is 30.3 Å². The fraction of sp³-hybridized carbons (Fsp3) is 0.462. The monoisotopic (exact) mass is 325 g/mol. The molecule has 0 bridgehead atoms. The van der Waals surface area contributed by atoms with Crippen molar-refractivity contribution >= 4 is 5.97 Å². The first-order valence-corrected chi connectivity index (χ1v) is 6.19. The van der Waals surface area contributed by atoms with Gasteiger partial charge in [-0.2, -0.15) is 0 Å². The molecule has 9 heteroatoms. The number of ether oxygens (including phenoxy) is 3. The van der Waals surface area contributed by atoms with E-state index in [0.717, 1.165) is 18.2 Å². The van der Waals surface area contributed by atoms with Crippen LogP contribution in [0, 0.1) is 0 Å². The summed E-state index contributed by atoms with van der Waals surface area (Å²) >= 11 is 0. The SMILES string of the molecule is CCOC(=O)C(F)[C@@H](N)c1ccc(OC(F)(F)F)cc1OC. The molecular formula is C13H15F4NO4. The Morgan fingerprint density at radius 2 is 2.00 bits per heavy atom. The van der Waals surface area contributed by atoms with E-state index in [9.17, 15) is 22.4 Å². The molecule has 5 nitrogen and oxygen atoms in total. The molecule has 0 saturated carbocycles. The standard InChI is InChI=1S/C13H15F4NO4/c1-3-21-12(19)10(14)11(18)8-5-4-7(6-9(8)20-2)22-13(15,16)17/h4-6,10-11H,3,18H2,1-2H3/t10?,11-/m0/s1. The van der Waals surface area contributed by atoms with Gasteiger partial charge in [-0.1, -0.05) is 0 Å². The highest BCUT2D eigenvalue weighted by molar-refractivity contribution is 5.76. The smallest absolute Gasteiger partial charge is 0.496 e. The zero-order chi connectivity index (χ0) is 16.9. The molecule has 0 spiro atoms. The summed E-state index contributed by atoms with van der Waals surface area (Å²) in [7, 11) is 1.17. The first-order valence-electron chi connectivity index (χ1n) is 6.19. The fourth-order valence-corrected chi connectivity index (χ4v) is 1.69. The maximum absolute atomic E-state index is 13.9. The van der Waals surface area contributed by atoms with E-state index >= 15 is 0 Å². The molecule has 0 aliphatic rings. The molecule has 1 aromatic rings. The van der Waals surface area contributed by atoms with Gasteiger partial charge >= 0.3 is 12.3 Å². The Morgan fingerprint density at radius 3 is 2.50 bits per heavy atom. The molecule has 2 atom stereocenters. The van der Waals surface area contributed by atoms with Gasteiger partial charge in [-0.15, -0.1) is 13.2 Å². The zero-order valence-electron chi connectivity index (χ0n) is 11.8. The van der Waals surface area contributed by atoms with Gasteiger partial charge in [0.1, 0.15) is 11.5 Å². The molecule has 0 radical (unpaired) electrons. The Balaban J connectivity index is 3.01. The normalized spacial score (nSPS) is 14.1. The van der Waals surface area contributed by atoms with E-state index in [0.29, 0.717) is 0 Å². The van der Waals surface area contributed by atoms with Crippen LogP contribution in [-0.4, -0.2) is 32.2 Å². The average Bonchev–Trinajstić information content (AvgIpc) is 2.44. The van der Waals surface area contributed by atoms with Gasteiger partial charge in [0.25, 0.3) is 0 Å². The number of methoxy groups -OCH3 is 1. The molecular weight excluding hydrogens is 310 g/mol. The number of benzene rings is 1. The van der Waals surface area contributed by atoms with Crippen molar-refractivity contribution in [3.63, 3.8) is 0 Å². The van der Waals surface area contributed by atoms with Crippen LogP contribution in [0.25, 0.3) is 0 Å². The van der Waals surface area contributed by atoms with E-state index in [-0.39, 0.29) is 17.9 Å². The third kappa shape index (κ3) is 4.76. The van der Waals surface area contributed by atoms with Crippen molar-refractivity contribution < 1.29 is 36.6 Å². The van der Waals surface area contributed by atoms with Gasteiger partial charge in [0.2, 0.25) is 6.17 Å². The Labute approximate surface area is 123 Å². The minimum absolute atomic E-state index is 0.0116. The molecule has 1 aromatic carbocycles. The molecule has 0 amide bonds. The molecule has 0 aromatic heterocycles. The largest absolute Gasteiger partial charge is 0.573 e. The number of esters is 1. The van der Waals surface area contributed by atoms with Crippen molar-refractivity contribution in [2.75, 3.05) is 13.7 Å². The summed E-state index contributed by atoms with van der Waals surface area (Å²) in [5, 5.41) is 0. The Hall–Kier alpha value is -2.03. The van der Waals surface area contributed by atoms with Crippen LogP contribution >= 0.6 is 0 Å². The summed E-state index contributed by atoms with van der Waals surface area (Å²) in [5.74, 6) is -1.85. The third-order valence-electron chi connectivity index (χ3n) is 2.62. The van der Waals surface area contributed by atoms with Crippen LogP contribution in [0.4, 0.5) is 17.6 Å². The lowest BCUT2D eigenvalue weighted by atomic mass is 10.0. The molecule has 0 aliphatic carbocycles. The maximum atomic E-state index is 13.9. The second-order valence-electron chi connectivity index (χ2n) is 4.13. The number of carbonyl (C=O) groups is 1. The third-order valence-corrected chi connectivity index (χ3v) is 2.62. The summed E-state index contributed by atoms with van der Waals surface area (Å²) in [5.41, 5.74) is 5.62. The molecule has 1 rings (SSSR count). The number of nitrogens with two attached hydrogens (primary N) is 1. The summed E-state index contributed by atoms with van der Waals surface area (Å²) in [6.45, 7) is 1.47. The lowest BCUT2D eigenvalue weighted by Gasteiger charge is -2.19. The van der Waals surface area contributed by atoms with Crippen LogP contribution in [-0.2, 0) is 9.53 Å². The summed E-state index contributed by atoms with van der Waals surface area (Å²) < 4.78 is 63.4. The van der Waals surface area contributed by atoms with Crippen molar-refractivity contribution in [3.05, 3.63) is 23.8 Å². The number of hydrogen-bond acceptors (Lipinski definition) is 5. The summed E-state index contributed by atoms with van der Waals surface area (Å²) in [6, 6.07) is 1.49. The van der Waals surface area contributed by atoms with E-state index in [2.05, 4.69) is 9.47 Å². The van der Waals surface area contributed by atoms with Crippen molar-refractivity contribution in [2.24, 2.45) is 5.73 Å². The minimum Gasteiger partial charge on any atom is -0.496 e. The molecule has 0 saturated heterocycles. The average molecular weight is 325 g/mol. The van der Waals surface area contributed by atoms with Crippen molar-refractivity contribution in [1.29, 1.82) is 0 Å². The van der Waals surface area contributed by atoms with E-state index in [1.165, 1.54) is 14.0 Å². The Kier molecular flexibility index (Phi) is 5.98. The number of rotatable bonds is 6. The van der Waals surface area contributed by atoms with Gasteiger partial charge in [-0.3, -0.25) is 0 Å². The molecule has 0 heterocycles. The highest BCUT2D eigenvalue weighted by Gasteiger charge is 2.33. The predicted molar refractivity (Wildman–Crippen MR) is 68.1 cm³/mol. The number of carbonyl (C=O) groups excluding carboxylic acids is 1. The van der Waals surface area contributed by atoms with E-state index in [1.54, 1.807) is 0 Å². The first kappa shape index (κ1) is 18.0. The topological polar surface area (TPSA) is 70.8 Å². The quantitative estimate of drug-likeness (QED) is 0.643. The molecule has 0 aliphatic heterocycles. The summed E-state index contributed by atoms with van der Waals surface area (Å²) in [6.07, 6.45) is -7.05. The minimum atomic E-state index is -4.87. The lowest BCUT2D eigenvalue weighted by molar-refractivity contribution is -0.274. The fourth-order valence-electron chi connectivity index (χ4n) is 1.69. The van der Waals surface area contributed by atoms with E-state index in [4.69, 9.17) is 10.5 Å². The second-order valence-corrected chi connectivity index (χ2v) is 4.13. The highest BCUT2D eigenvalue weighted by Crippen LogP contribution is 2.33. The molecule has 124 valence electrons. The molecule has 2 N–H and O–H groups in total. The van der Waals surface area contributed by atoms with Crippen molar-refractivity contribution in [2.45, 2.75) is 25.5 Å². The second kappa shape index (κ2) is 7.30. The van der Waals surface area contributed by atoms with Gasteiger partial charge in [0.05, 0.1) is 19.8 Å². The van der Waals surface area contributed by atoms with Gasteiger partial charge < -0.3 is 19.9 Å². The number of hydrogen-bond donors (Lipinski definition) is 1. The summed E-state index contributed by atoms with van der Waals surface area (Å²) in [4.78, 5) is 11.3. The first-order chi connectivity index (χ1) is 10.2. The Morgan fingerprint density at radius 1 is 1.36 bits per heavy atom. The zero-order valence-corrected chi connectivity index (χ0v) is 11.8. The van der Waals surface area contributed by atoms with Crippen molar-refractivity contribution in [3.8, 4) is 11.5 Å². The van der Waals surface area contributed by atoms with E-state index in [1.807, 2.05) is 0 Å². The molecule has 0 fully saturated rings. The van der Waals surface area contributed by atoms with Crippen LogP contribution in [0.3, 0.4) is 0 Å².